The Bertz CT molecular complexity index is 144. The fraction of sp³-hybridized carbons (Fsp3) is 1.00. The Labute approximate surface area is 75.3 Å². The molecule has 0 aromatic heterocycles. The van der Waals surface area contributed by atoms with Crippen LogP contribution in [0.25, 0.3) is 0 Å². The summed E-state index contributed by atoms with van der Waals surface area (Å²) in [7, 11) is 0. The maximum Gasteiger partial charge on any atom is 0.0683 e. The first-order valence-corrected chi connectivity index (χ1v) is 5.31. The second-order valence-corrected chi connectivity index (χ2v) is 4.35. The van der Waals surface area contributed by atoms with Gasteiger partial charge in [-0.15, -0.1) is 0 Å². The van der Waals surface area contributed by atoms with E-state index in [2.05, 4.69) is 17.1 Å². The molecule has 0 spiro atoms. The van der Waals surface area contributed by atoms with E-state index in [9.17, 15) is 0 Å². The Kier molecular flexibility index (Phi) is 2.37. The molecule has 0 radical (unpaired) electrons. The second-order valence-electron chi connectivity index (χ2n) is 4.35. The summed E-state index contributed by atoms with van der Waals surface area (Å²) in [5, 5.41) is 3.63. The molecule has 2 heterocycles. The van der Waals surface area contributed by atoms with E-state index in [1.165, 1.54) is 51.7 Å². The zero-order valence-corrected chi connectivity index (χ0v) is 8.10. The number of nitrogens with one attached hydrogen (secondary N) is 1. The lowest BCUT2D eigenvalue weighted by molar-refractivity contribution is 0.0680. The van der Waals surface area contributed by atoms with Gasteiger partial charge < -0.3 is 0 Å². The van der Waals surface area contributed by atoms with Crippen LogP contribution in [-0.4, -0.2) is 30.2 Å². The van der Waals surface area contributed by atoms with Crippen molar-refractivity contribution in [2.75, 3.05) is 19.6 Å². The first kappa shape index (κ1) is 8.52. The first-order chi connectivity index (χ1) is 5.81. The summed E-state index contributed by atoms with van der Waals surface area (Å²) >= 11 is 0. The van der Waals surface area contributed by atoms with Crippen molar-refractivity contribution < 1.29 is 0 Å². The highest BCUT2D eigenvalue weighted by molar-refractivity contribution is 4.89. The van der Waals surface area contributed by atoms with Crippen molar-refractivity contribution in [3.63, 3.8) is 0 Å². The van der Waals surface area contributed by atoms with E-state index in [0.29, 0.717) is 5.66 Å². The molecular weight excluding hydrogens is 148 g/mol. The number of rotatable bonds is 1. The van der Waals surface area contributed by atoms with Gasteiger partial charge in [-0.05, 0) is 52.2 Å². The molecule has 70 valence electrons. The minimum absolute atomic E-state index is 0.348. The zero-order valence-electron chi connectivity index (χ0n) is 8.10. The molecule has 1 N–H and O–H groups in total. The molecule has 0 saturated carbocycles. The maximum absolute atomic E-state index is 3.63. The van der Waals surface area contributed by atoms with Gasteiger partial charge in [-0.1, -0.05) is 6.42 Å². The normalized spacial score (nSPS) is 38.8. The third-order valence-electron chi connectivity index (χ3n) is 3.40. The van der Waals surface area contributed by atoms with Gasteiger partial charge >= 0.3 is 0 Å². The van der Waals surface area contributed by atoms with E-state index in [-0.39, 0.29) is 0 Å². The van der Waals surface area contributed by atoms with E-state index in [1.54, 1.807) is 0 Å². The standard InChI is InChI=1S/C10H20N2/c1-10(6-5-7-11-10)12-8-3-2-4-9-12/h11H,2-9H2,1H3. The van der Waals surface area contributed by atoms with Crippen LogP contribution in [-0.2, 0) is 0 Å². The monoisotopic (exact) mass is 168 g/mol. The van der Waals surface area contributed by atoms with E-state index in [1.807, 2.05) is 0 Å². The molecule has 0 amide bonds. The smallest absolute Gasteiger partial charge is 0.0683 e. The van der Waals surface area contributed by atoms with Crippen molar-refractivity contribution >= 4 is 0 Å². The minimum atomic E-state index is 0.348. The lowest BCUT2D eigenvalue weighted by Gasteiger charge is -2.41. The topological polar surface area (TPSA) is 15.3 Å². The van der Waals surface area contributed by atoms with Crippen LogP contribution >= 0.6 is 0 Å². The van der Waals surface area contributed by atoms with Crippen molar-refractivity contribution in [3.05, 3.63) is 0 Å². The molecule has 0 aromatic carbocycles. The molecule has 2 heteroatoms. The van der Waals surface area contributed by atoms with Crippen LogP contribution in [0, 0.1) is 0 Å². The highest BCUT2D eigenvalue weighted by atomic mass is 15.3. The summed E-state index contributed by atoms with van der Waals surface area (Å²) in [4.78, 5) is 2.64. The van der Waals surface area contributed by atoms with Crippen molar-refractivity contribution in [3.8, 4) is 0 Å². The Morgan fingerprint density at radius 1 is 1.08 bits per heavy atom. The summed E-state index contributed by atoms with van der Waals surface area (Å²) in [6.45, 7) is 6.20. The van der Waals surface area contributed by atoms with Crippen LogP contribution in [0.2, 0.25) is 0 Å². The summed E-state index contributed by atoms with van der Waals surface area (Å²) < 4.78 is 0. The fourth-order valence-corrected chi connectivity index (χ4v) is 2.54. The van der Waals surface area contributed by atoms with Gasteiger partial charge in [-0.25, -0.2) is 0 Å². The summed E-state index contributed by atoms with van der Waals surface area (Å²) in [6, 6.07) is 0. The summed E-state index contributed by atoms with van der Waals surface area (Å²) in [6.07, 6.45) is 6.93. The molecule has 1 unspecified atom stereocenters. The van der Waals surface area contributed by atoms with Crippen LogP contribution in [0.5, 0.6) is 0 Å². The van der Waals surface area contributed by atoms with E-state index in [0.717, 1.165) is 0 Å². The van der Waals surface area contributed by atoms with Gasteiger partial charge in [0.15, 0.2) is 0 Å². The predicted octanol–water partition coefficient (Wildman–Crippen LogP) is 1.57. The van der Waals surface area contributed by atoms with Crippen molar-refractivity contribution in [2.45, 2.75) is 44.7 Å². The Morgan fingerprint density at radius 2 is 1.83 bits per heavy atom. The molecule has 2 fully saturated rings. The summed E-state index contributed by atoms with van der Waals surface area (Å²) in [5.41, 5.74) is 0.348. The highest BCUT2D eigenvalue weighted by Crippen LogP contribution is 2.26. The molecule has 2 rings (SSSR count). The highest BCUT2D eigenvalue weighted by Gasteiger charge is 2.34. The molecule has 12 heavy (non-hydrogen) atoms. The fourth-order valence-electron chi connectivity index (χ4n) is 2.54. The van der Waals surface area contributed by atoms with Gasteiger partial charge in [-0.3, -0.25) is 10.2 Å². The molecular formula is C10H20N2. The second kappa shape index (κ2) is 3.35. The average molecular weight is 168 g/mol. The number of likely N-dealkylation sites (tertiary alicyclic amines) is 1. The number of hydrogen-bond donors (Lipinski definition) is 1. The van der Waals surface area contributed by atoms with Gasteiger partial charge in [0.05, 0.1) is 5.66 Å². The Balaban J connectivity index is 1.96. The molecule has 2 aliphatic heterocycles. The van der Waals surface area contributed by atoms with Gasteiger partial charge in [0.2, 0.25) is 0 Å². The van der Waals surface area contributed by atoms with E-state index >= 15 is 0 Å². The van der Waals surface area contributed by atoms with Crippen molar-refractivity contribution in [1.82, 2.24) is 10.2 Å². The van der Waals surface area contributed by atoms with Crippen LogP contribution < -0.4 is 5.32 Å². The van der Waals surface area contributed by atoms with Crippen molar-refractivity contribution in [2.24, 2.45) is 0 Å². The van der Waals surface area contributed by atoms with Gasteiger partial charge in [0.1, 0.15) is 0 Å². The molecule has 0 aromatic rings. The Hall–Kier alpha value is -0.0800. The average Bonchev–Trinajstić information content (AvgIpc) is 2.55. The lowest BCUT2D eigenvalue weighted by Crippen LogP contribution is -2.54. The van der Waals surface area contributed by atoms with Gasteiger partial charge in [0.25, 0.3) is 0 Å². The van der Waals surface area contributed by atoms with Crippen molar-refractivity contribution in [1.29, 1.82) is 0 Å². The van der Waals surface area contributed by atoms with Crippen LogP contribution in [0.4, 0.5) is 0 Å². The van der Waals surface area contributed by atoms with E-state index in [4.69, 9.17) is 0 Å². The van der Waals surface area contributed by atoms with Gasteiger partial charge in [0, 0.05) is 0 Å². The molecule has 2 saturated heterocycles. The maximum atomic E-state index is 3.63. The predicted molar refractivity (Wildman–Crippen MR) is 51.1 cm³/mol. The molecule has 1 atom stereocenters. The number of piperidine rings is 1. The number of nitrogens with zero attached hydrogens (tertiary/aromatic N) is 1. The largest absolute Gasteiger partial charge is 0.299 e. The zero-order chi connectivity index (χ0) is 8.44. The van der Waals surface area contributed by atoms with Crippen LogP contribution in [0.3, 0.4) is 0 Å². The lowest BCUT2D eigenvalue weighted by atomic mass is 10.0. The minimum Gasteiger partial charge on any atom is -0.299 e. The van der Waals surface area contributed by atoms with Gasteiger partial charge in [-0.2, -0.15) is 0 Å². The third-order valence-corrected chi connectivity index (χ3v) is 3.40. The van der Waals surface area contributed by atoms with Crippen LogP contribution in [0.1, 0.15) is 39.0 Å². The molecule has 0 aliphatic carbocycles. The molecule has 0 bridgehead atoms. The Morgan fingerprint density at radius 3 is 2.42 bits per heavy atom. The quantitative estimate of drug-likeness (QED) is 0.639. The molecule has 2 aliphatic rings. The summed E-state index contributed by atoms with van der Waals surface area (Å²) in [5.74, 6) is 0. The first-order valence-electron chi connectivity index (χ1n) is 5.31. The third kappa shape index (κ3) is 1.50. The van der Waals surface area contributed by atoms with Crippen LogP contribution in [0.15, 0.2) is 0 Å². The number of hydrogen-bond acceptors (Lipinski definition) is 2. The molecule has 2 nitrogen and oxygen atoms in total. The SMILES string of the molecule is CC1(N2CCCCC2)CCCN1. The van der Waals surface area contributed by atoms with E-state index < -0.39 is 0 Å².